The topological polar surface area (TPSA) is 87.9 Å². The summed E-state index contributed by atoms with van der Waals surface area (Å²) in [6.07, 6.45) is 0. The molecular formula is C12H17NO6. The first-order valence-electron chi connectivity index (χ1n) is 5.60. The molecule has 7 nitrogen and oxygen atoms in total. The Bertz CT molecular complexity index is 475. The summed E-state index contributed by atoms with van der Waals surface area (Å²) in [5.74, 6) is -2.75. The highest BCUT2D eigenvalue weighted by Crippen LogP contribution is 2.23. The maximum Gasteiger partial charge on any atom is 0.403 e. The molecule has 1 heterocycles. The number of esters is 2. The number of rotatable bonds is 3. The van der Waals surface area contributed by atoms with E-state index in [1.807, 2.05) is 0 Å². The SMILES string of the molecule is COC(=O)/C([O-])=C(/C(=O)OC)[N+]1=C(C)OCC1(C)C. The third kappa shape index (κ3) is 2.69. The molecule has 19 heavy (non-hydrogen) atoms. The Morgan fingerprint density at radius 2 is 1.79 bits per heavy atom. The Kier molecular flexibility index (Phi) is 4.18. The lowest BCUT2D eigenvalue weighted by atomic mass is 10.1. The van der Waals surface area contributed by atoms with E-state index in [4.69, 9.17) is 4.74 Å². The molecule has 1 rings (SSSR count). The molecule has 0 atom stereocenters. The highest BCUT2D eigenvalue weighted by molar-refractivity contribution is 5.97. The summed E-state index contributed by atoms with van der Waals surface area (Å²) in [7, 11) is 2.20. The molecule has 0 saturated heterocycles. The smallest absolute Gasteiger partial charge is 0.403 e. The molecule has 0 aromatic carbocycles. The van der Waals surface area contributed by atoms with Gasteiger partial charge in [0.25, 0.3) is 5.70 Å². The molecule has 1 aliphatic heterocycles. The first-order chi connectivity index (χ1) is 8.76. The van der Waals surface area contributed by atoms with E-state index < -0.39 is 28.9 Å². The molecule has 0 aromatic rings. The summed E-state index contributed by atoms with van der Waals surface area (Å²) in [5, 5.41) is 12.0. The van der Waals surface area contributed by atoms with E-state index in [2.05, 4.69) is 9.47 Å². The first-order valence-corrected chi connectivity index (χ1v) is 5.60. The molecule has 0 saturated carbocycles. The molecule has 0 unspecified atom stereocenters. The van der Waals surface area contributed by atoms with Crippen molar-refractivity contribution in [2.45, 2.75) is 26.3 Å². The van der Waals surface area contributed by atoms with Gasteiger partial charge in [0.15, 0.2) is 12.1 Å². The van der Waals surface area contributed by atoms with Crippen LogP contribution in [-0.2, 0) is 23.8 Å². The minimum absolute atomic E-state index is 0.285. The molecule has 0 bridgehead atoms. The van der Waals surface area contributed by atoms with Gasteiger partial charge in [0.2, 0.25) is 0 Å². The third-order valence-electron chi connectivity index (χ3n) is 2.74. The van der Waals surface area contributed by atoms with Crippen molar-refractivity contribution in [1.29, 1.82) is 0 Å². The van der Waals surface area contributed by atoms with Crippen molar-refractivity contribution in [3.63, 3.8) is 0 Å². The second-order valence-electron chi connectivity index (χ2n) is 4.62. The number of hydrogen-bond donors (Lipinski definition) is 0. The van der Waals surface area contributed by atoms with Gasteiger partial charge in [-0.2, -0.15) is 4.58 Å². The van der Waals surface area contributed by atoms with Crippen LogP contribution in [0.25, 0.3) is 0 Å². The molecule has 0 aliphatic carbocycles. The Morgan fingerprint density at radius 1 is 1.26 bits per heavy atom. The number of methoxy groups -OCH3 is 2. The van der Waals surface area contributed by atoms with E-state index in [0.717, 1.165) is 14.2 Å². The first kappa shape index (κ1) is 15.0. The molecule has 1 aliphatic rings. The van der Waals surface area contributed by atoms with Gasteiger partial charge in [-0.05, 0) is 0 Å². The van der Waals surface area contributed by atoms with E-state index >= 15 is 0 Å². The largest absolute Gasteiger partial charge is 0.863 e. The highest BCUT2D eigenvalue weighted by atomic mass is 16.5. The van der Waals surface area contributed by atoms with E-state index in [0.29, 0.717) is 5.90 Å². The predicted octanol–water partition coefficient (Wildman–Crippen LogP) is -0.856. The third-order valence-corrected chi connectivity index (χ3v) is 2.74. The Hall–Kier alpha value is -2.05. The highest BCUT2D eigenvalue weighted by Gasteiger charge is 2.46. The van der Waals surface area contributed by atoms with Crippen molar-refractivity contribution in [2.24, 2.45) is 0 Å². The van der Waals surface area contributed by atoms with Crippen LogP contribution in [-0.4, -0.2) is 48.8 Å². The van der Waals surface area contributed by atoms with Crippen LogP contribution in [0, 0.1) is 0 Å². The van der Waals surface area contributed by atoms with Crippen LogP contribution < -0.4 is 5.11 Å². The normalized spacial score (nSPS) is 18.6. The predicted molar refractivity (Wildman–Crippen MR) is 62.0 cm³/mol. The van der Waals surface area contributed by atoms with Gasteiger partial charge in [-0.3, -0.25) is 0 Å². The number of hydrogen-bond acceptors (Lipinski definition) is 6. The minimum atomic E-state index is -1.13. The standard InChI is InChI=1S/C12H17NO6/c1-7-13(12(2,3)6-19-7)8(10(15)17-4)9(14)11(16)18-5/h6H2,1-5H3. The van der Waals surface area contributed by atoms with Crippen molar-refractivity contribution >= 4 is 17.8 Å². The summed E-state index contributed by atoms with van der Waals surface area (Å²) >= 11 is 0. The molecule has 106 valence electrons. The zero-order chi connectivity index (χ0) is 14.8. The van der Waals surface area contributed by atoms with Crippen molar-refractivity contribution in [3.05, 3.63) is 11.5 Å². The number of nitrogens with zero attached hydrogens (tertiary/aromatic N) is 1. The van der Waals surface area contributed by atoms with E-state index in [1.54, 1.807) is 20.8 Å². The Balaban J connectivity index is 3.47. The minimum Gasteiger partial charge on any atom is -0.863 e. The Labute approximate surface area is 111 Å². The number of ether oxygens (including phenoxy) is 3. The van der Waals surface area contributed by atoms with Gasteiger partial charge in [-0.15, -0.1) is 0 Å². The van der Waals surface area contributed by atoms with Crippen molar-refractivity contribution in [3.8, 4) is 0 Å². The van der Waals surface area contributed by atoms with Crippen LogP contribution in [0.5, 0.6) is 0 Å². The molecule has 0 fully saturated rings. The lowest BCUT2D eigenvalue weighted by Gasteiger charge is -2.18. The van der Waals surface area contributed by atoms with E-state index in [1.165, 1.54) is 4.58 Å². The summed E-state index contributed by atoms with van der Waals surface area (Å²) in [6.45, 7) is 5.43. The van der Waals surface area contributed by atoms with Crippen LogP contribution in [0.2, 0.25) is 0 Å². The maximum atomic E-state index is 12.0. The fraction of sp³-hybridized carbons (Fsp3) is 0.583. The number of carbonyl (C=O) groups excluding carboxylic acids is 2. The quantitative estimate of drug-likeness (QED) is 0.287. The molecule has 0 aromatic heterocycles. The fourth-order valence-corrected chi connectivity index (χ4v) is 1.87. The van der Waals surface area contributed by atoms with Gasteiger partial charge in [0.05, 0.1) is 26.9 Å². The zero-order valence-electron chi connectivity index (χ0n) is 11.6. The fourth-order valence-electron chi connectivity index (χ4n) is 1.87. The van der Waals surface area contributed by atoms with E-state index in [9.17, 15) is 14.7 Å². The van der Waals surface area contributed by atoms with Crippen LogP contribution in [0.15, 0.2) is 11.5 Å². The lowest BCUT2D eigenvalue weighted by Crippen LogP contribution is -2.41. The summed E-state index contributed by atoms with van der Waals surface area (Å²) < 4.78 is 15.6. The van der Waals surface area contributed by atoms with E-state index in [-0.39, 0.29) is 6.61 Å². The Morgan fingerprint density at radius 3 is 2.16 bits per heavy atom. The average Bonchev–Trinajstić information content (AvgIpc) is 2.64. The van der Waals surface area contributed by atoms with Crippen LogP contribution in [0.3, 0.4) is 0 Å². The van der Waals surface area contributed by atoms with Gasteiger partial charge in [-0.25, -0.2) is 9.59 Å². The summed E-state index contributed by atoms with van der Waals surface area (Å²) in [6, 6.07) is 0. The average molecular weight is 271 g/mol. The lowest BCUT2D eigenvalue weighted by molar-refractivity contribution is -0.547. The number of carbonyl (C=O) groups is 2. The van der Waals surface area contributed by atoms with Gasteiger partial charge >= 0.3 is 17.8 Å². The van der Waals surface area contributed by atoms with Crippen LogP contribution in [0.4, 0.5) is 0 Å². The molecule has 0 N–H and O–H groups in total. The molecule has 0 radical (unpaired) electrons. The summed E-state index contributed by atoms with van der Waals surface area (Å²) in [4.78, 5) is 23.2. The van der Waals surface area contributed by atoms with Crippen LogP contribution >= 0.6 is 0 Å². The van der Waals surface area contributed by atoms with Crippen molar-refractivity contribution in [1.82, 2.24) is 0 Å². The van der Waals surface area contributed by atoms with Gasteiger partial charge in [0.1, 0.15) is 0 Å². The molecule has 0 amide bonds. The van der Waals surface area contributed by atoms with Crippen molar-refractivity contribution in [2.75, 3.05) is 20.8 Å². The molecule has 7 heteroatoms. The monoisotopic (exact) mass is 271 g/mol. The van der Waals surface area contributed by atoms with Crippen LogP contribution in [0.1, 0.15) is 20.8 Å². The second kappa shape index (κ2) is 5.29. The zero-order valence-corrected chi connectivity index (χ0v) is 11.6. The maximum absolute atomic E-state index is 12.0. The van der Waals surface area contributed by atoms with Gasteiger partial charge < -0.3 is 19.3 Å². The summed E-state index contributed by atoms with van der Waals surface area (Å²) in [5.41, 5.74) is -1.05. The van der Waals surface area contributed by atoms with Gasteiger partial charge in [-0.1, -0.05) is 0 Å². The second-order valence-corrected chi connectivity index (χ2v) is 4.62. The molecular weight excluding hydrogens is 254 g/mol. The van der Waals surface area contributed by atoms with Crippen molar-refractivity contribution < 1.29 is 33.5 Å². The molecule has 0 spiro atoms. The van der Waals surface area contributed by atoms with Gasteiger partial charge in [0, 0.05) is 13.8 Å².